The molecule has 0 fully saturated rings. The molecule has 0 aliphatic heterocycles. The first-order valence-electron chi connectivity index (χ1n) is 6.89. The van der Waals surface area contributed by atoms with Gasteiger partial charge in [-0.15, -0.1) is 11.8 Å². The minimum absolute atomic E-state index is 0.0834. The number of hydrogen-bond donors (Lipinski definition) is 0. The van der Waals surface area contributed by atoms with Crippen LogP contribution >= 0.6 is 11.8 Å². The molecule has 0 saturated heterocycles. The summed E-state index contributed by atoms with van der Waals surface area (Å²) in [6.45, 7) is 4.49. The summed E-state index contributed by atoms with van der Waals surface area (Å²) in [7, 11) is 0. The second kappa shape index (κ2) is 4.41. The molecule has 0 N–H and O–H groups in total. The Balaban J connectivity index is 2.06. The van der Waals surface area contributed by atoms with Crippen LogP contribution in [0.5, 0.6) is 0 Å². The smallest absolute Gasteiger partial charge is 0.164 e. The van der Waals surface area contributed by atoms with Crippen molar-refractivity contribution in [2.45, 2.75) is 49.5 Å². The second-order valence-corrected chi connectivity index (χ2v) is 7.63. The zero-order valence-electron chi connectivity index (χ0n) is 11.1. The van der Waals surface area contributed by atoms with E-state index in [4.69, 9.17) is 0 Å². The van der Waals surface area contributed by atoms with E-state index in [2.05, 4.69) is 38.2 Å². The molecule has 2 heteroatoms. The normalized spacial score (nSPS) is 34.2. The molecule has 3 rings (SSSR count). The summed E-state index contributed by atoms with van der Waals surface area (Å²) < 4.78 is 0.0834. The van der Waals surface area contributed by atoms with Crippen LogP contribution in [0.1, 0.15) is 39.5 Å². The third-order valence-electron chi connectivity index (χ3n) is 4.27. The number of thioether (sulfide) groups is 1. The van der Waals surface area contributed by atoms with Gasteiger partial charge in [0.2, 0.25) is 0 Å². The van der Waals surface area contributed by atoms with Crippen molar-refractivity contribution in [2.75, 3.05) is 0 Å². The Hall–Kier alpha value is -0.760. The van der Waals surface area contributed by atoms with E-state index in [-0.39, 0.29) is 10.7 Å². The van der Waals surface area contributed by atoms with Gasteiger partial charge in [-0.1, -0.05) is 38.2 Å². The van der Waals surface area contributed by atoms with Gasteiger partial charge in [0.05, 0.1) is 4.75 Å². The molecular formula is C16H20OS. The van der Waals surface area contributed by atoms with E-state index in [1.54, 1.807) is 0 Å². The number of allylic oxidation sites excluding steroid dienone is 5. The van der Waals surface area contributed by atoms with Crippen LogP contribution in [0.2, 0.25) is 0 Å². The van der Waals surface area contributed by atoms with E-state index >= 15 is 0 Å². The summed E-state index contributed by atoms with van der Waals surface area (Å²) in [5.74, 6) is 0.645. The maximum atomic E-state index is 12.6. The Morgan fingerprint density at radius 1 is 1.22 bits per heavy atom. The lowest BCUT2D eigenvalue weighted by Gasteiger charge is -2.39. The number of carbonyl (C=O) groups is 1. The maximum absolute atomic E-state index is 12.6. The fraction of sp³-hybridized carbons (Fsp3) is 0.562. The molecule has 18 heavy (non-hydrogen) atoms. The van der Waals surface area contributed by atoms with Gasteiger partial charge >= 0.3 is 0 Å². The number of hydrogen-bond acceptors (Lipinski definition) is 2. The van der Waals surface area contributed by atoms with Crippen molar-refractivity contribution in [3.05, 3.63) is 35.5 Å². The number of rotatable bonds is 2. The fourth-order valence-corrected chi connectivity index (χ4v) is 5.38. The Kier molecular flexibility index (Phi) is 3.01. The monoisotopic (exact) mass is 260 g/mol. The molecule has 3 aliphatic rings. The van der Waals surface area contributed by atoms with Crippen molar-refractivity contribution >= 4 is 17.5 Å². The standard InChI is InChI=1S/C16H20OS/c1-11(2)18-16-10-6-5-9-14(16)15(17)12-7-3-4-8-13(12)16/h3-6,11,14H,7-10H2,1-2H3/t14-,16-/m0/s1. The zero-order chi connectivity index (χ0) is 12.8. The first-order valence-corrected chi connectivity index (χ1v) is 7.77. The van der Waals surface area contributed by atoms with E-state index in [9.17, 15) is 4.79 Å². The summed E-state index contributed by atoms with van der Waals surface area (Å²) >= 11 is 2.02. The van der Waals surface area contributed by atoms with Gasteiger partial charge in [-0.05, 0) is 36.5 Å². The van der Waals surface area contributed by atoms with Crippen LogP contribution in [0.3, 0.4) is 0 Å². The number of fused-ring (bicyclic) bond motifs is 2. The quantitative estimate of drug-likeness (QED) is 0.696. The first-order chi connectivity index (χ1) is 8.65. The molecule has 2 atom stereocenters. The minimum atomic E-state index is 0.0834. The Morgan fingerprint density at radius 2 is 2.00 bits per heavy atom. The largest absolute Gasteiger partial charge is 0.294 e. The van der Waals surface area contributed by atoms with Crippen LogP contribution in [-0.4, -0.2) is 15.8 Å². The average molecular weight is 260 g/mol. The van der Waals surface area contributed by atoms with Crippen molar-refractivity contribution in [1.82, 2.24) is 0 Å². The second-order valence-electron chi connectivity index (χ2n) is 5.72. The molecule has 0 saturated carbocycles. The van der Waals surface area contributed by atoms with Crippen molar-refractivity contribution in [1.29, 1.82) is 0 Å². The number of ketones is 1. The SMILES string of the molecule is CC(C)S[C@]12CC=CC[C@H]1C(=O)C1=C2CC=CC1. The van der Waals surface area contributed by atoms with E-state index < -0.39 is 0 Å². The van der Waals surface area contributed by atoms with E-state index in [0.29, 0.717) is 11.0 Å². The molecule has 0 spiro atoms. The molecule has 0 unspecified atom stereocenters. The lowest BCUT2D eigenvalue weighted by molar-refractivity contribution is -0.118. The molecule has 0 aromatic carbocycles. The van der Waals surface area contributed by atoms with Crippen LogP contribution in [0.4, 0.5) is 0 Å². The lowest BCUT2D eigenvalue weighted by Crippen LogP contribution is -2.38. The topological polar surface area (TPSA) is 17.1 Å². The molecule has 0 amide bonds. The van der Waals surface area contributed by atoms with Gasteiger partial charge in [-0.25, -0.2) is 0 Å². The predicted molar refractivity (Wildman–Crippen MR) is 77.7 cm³/mol. The molecule has 1 nitrogen and oxygen atoms in total. The van der Waals surface area contributed by atoms with Crippen LogP contribution in [0, 0.1) is 5.92 Å². The molecule has 0 heterocycles. The van der Waals surface area contributed by atoms with E-state index in [1.807, 2.05) is 11.8 Å². The highest BCUT2D eigenvalue weighted by Crippen LogP contribution is 2.56. The molecule has 3 aliphatic carbocycles. The number of carbonyl (C=O) groups excluding carboxylic acids is 1. The van der Waals surface area contributed by atoms with Gasteiger partial charge in [0.15, 0.2) is 5.78 Å². The van der Waals surface area contributed by atoms with Crippen LogP contribution < -0.4 is 0 Å². The zero-order valence-corrected chi connectivity index (χ0v) is 11.9. The van der Waals surface area contributed by atoms with Crippen molar-refractivity contribution in [2.24, 2.45) is 5.92 Å². The van der Waals surface area contributed by atoms with Gasteiger partial charge in [-0.2, -0.15) is 0 Å². The van der Waals surface area contributed by atoms with Gasteiger partial charge in [0.1, 0.15) is 0 Å². The summed E-state index contributed by atoms with van der Waals surface area (Å²) in [5.41, 5.74) is 2.59. The van der Waals surface area contributed by atoms with E-state index in [1.165, 1.54) is 5.57 Å². The summed E-state index contributed by atoms with van der Waals surface area (Å²) in [6, 6.07) is 0. The van der Waals surface area contributed by atoms with Crippen LogP contribution in [0.15, 0.2) is 35.5 Å². The van der Waals surface area contributed by atoms with Crippen molar-refractivity contribution < 1.29 is 4.79 Å². The highest BCUT2D eigenvalue weighted by atomic mass is 32.2. The maximum Gasteiger partial charge on any atom is 0.164 e. The molecule has 0 aromatic heterocycles. The lowest BCUT2D eigenvalue weighted by atomic mass is 9.80. The molecule has 0 radical (unpaired) electrons. The average Bonchev–Trinajstić information content (AvgIpc) is 2.60. The Morgan fingerprint density at radius 3 is 2.78 bits per heavy atom. The first kappa shape index (κ1) is 12.3. The van der Waals surface area contributed by atoms with Gasteiger partial charge in [0.25, 0.3) is 0 Å². The highest BCUT2D eigenvalue weighted by molar-refractivity contribution is 8.01. The van der Waals surface area contributed by atoms with E-state index in [0.717, 1.165) is 31.3 Å². The van der Waals surface area contributed by atoms with Gasteiger partial charge < -0.3 is 0 Å². The summed E-state index contributed by atoms with van der Waals surface area (Å²) in [5, 5.41) is 0.574. The van der Waals surface area contributed by atoms with Gasteiger partial charge in [-0.3, -0.25) is 4.79 Å². The summed E-state index contributed by atoms with van der Waals surface area (Å²) in [4.78, 5) is 12.6. The predicted octanol–water partition coefficient (Wildman–Crippen LogP) is 4.06. The molecular weight excluding hydrogens is 240 g/mol. The van der Waals surface area contributed by atoms with Crippen LogP contribution in [0.25, 0.3) is 0 Å². The Labute approximate surface area is 113 Å². The Bertz CT molecular complexity index is 469. The molecule has 0 aromatic rings. The van der Waals surface area contributed by atoms with Gasteiger partial charge in [0, 0.05) is 11.5 Å². The third kappa shape index (κ3) is 1.65. The fourth-order valence-electron chi connectivity index (χ4n) is 3.63. The number of Topliss-reactive ketones (excluding diaryl/α,β-unsaturated/α-hetero) is 1. The van der Waals surface area contributed by atoms with Crippen LogP contribution in [-0.2, 0) is 4.79 Å². The molecule has 0 bridgehead atoms. The van der Waals surface area contributed by atoms with Crippen molar-refractivity contribution in [3.63, 3.8) is 0 Å². The molecule has 96 valence electrons. The minimum Gasteiger partial charge on any atom is -0.294 e. The third-order valence-corrected chi connectivity index (χ3v) is 5.86. The van der Waals surface area contributed by atoms with Crippen molar-refractivity contribution in [3.8, 4) is 0 Å². The summed E-state index contributed by atoms with van der Waals surface area (Å²) in [6.07, 6.45) is 12.7. The highest BCUT2D eigenvalue weighted by Gasteiger charge is 2.53.